The van der Waals surface area contributed by atoms with Gasteiger partial charge in [-0.2, -0.15) is 0 Å². The van der Waals surface area contributed by atoms with E-state index in [2.05, 4.69) is 51.3 Å². The Labute approximate surface area is 208 Å². The minimum atomic E-state index is -0.648. The van der Waals surface area contributed by atoms with E-state index in [4.69, 9.17) is 4.43 Å². The van der Waals surface area contributed by atoms with Crippen molar-refractivity contribution in [2.24, 2.45) is 0 Å². The maximum Gasteiger partial charge on any atom is 0.205 e. The van der Waals surface area contributed by atoms with E-state index in [1.165, 1.54) is 122 Å². The van der Waals surface area contributed by atoms with Gasteiger partial charge in [-0.3, -0.25) is 0 Å². The van der Waals surface area contributed by atoms with Gasteiger partial charge in [-0.15, -0.1) is 0 Å². The van der Waals surface area contributed by atoms with E-state index in [-0.39, 0.29) is 0 Å². The molecule has 0 fully saturated rings. The molecular weight excluding hydrogens is 418 g/mol. The molecule has 1 radical (unpaired) electrons. The minimum Gasteiger partial charge on any atom is -0.409 e. The lowest BCUT2D eigenvalue weighted by molar-refractivity contribution is -0.927. The summed E-state index contributed by atoms with van der Waals surface area (Å²) in [5.41, 5.74) is 3.12. The standard InChI is InChI=1S/C30H55NOSi/c1-5-6-7-8-9-10-11-12-13-14-15-16-17-18-23-30(32-33(3)4)27-31(2)25-24-28-21-19-20-22-29(28)26-31/h19-22,30H,5-18,23-27H2,1-4H3/q+1. The second-order valence-corrected chi connectivity index (χ2v) is 13.3. The van der Waals surface area contributed by atoms with Crippen molar-refractivity contribution >= 4 is 9.04 Å². The van der Waals surface area contributed by atoms with E-state index in [0.717, 1.165) is 4.48 Å². The van der Waals surface area contributed by atoms with Crippen molar-refractivity contribution in [2.45, 2.75) is 135 Å². The number of likely N-dealkylation sites (N-methyl/N-ethyl adjacent to an activating group) is 1. The molecule has 2 unspecified atom stereocenters. The largest absolute Gasteiger partial charge is 0.409 e. The van der Waals surface area contributed by atoms with Crippen LogP contribution in [-0.4, -0.2) is 39.8 Å². The van der Waals surface area contributed by atoms with Gasteiger partial charge in [0, 0.05) is 12.0 Å². The van der Waals surface area contributed by atoms with Crippen LogP contribution in [0.25, 0.3) is 0 Å². The highest BCUT2D eigenvalue weighted by Gasteiger charge is 2.31. The summed E-state index contributed by atoms with van der Waals surface area (Å²) in [5, 5.41) is 0. The Hall–Kier alpha value is -0.643. The Morgan fingerprint density at radius 2 is 1.30 bits per heavy atom. The van der Waals surface area contributed by atoms with Gasteiger partial charge in [0.25, 0.3) is 0 Å². The smallest absolute Gasteiger partial charge is 0.205 e. The van der Waals surface area contributed by atoms with E-state index in [0.29, 0.717) is 6.10 Å². The molecule has 1 aliphatic rings. The van der Waals surface area contributed by atoms with Crippen LogP contribution in [0.4, 0.5) is 0 Å². The van der Waals surface area contributed by atoms with Gasteiger partial charge in [0.2, 0.25) is 9.04 Å². The molecule has 189 valence electrons. The van der Waals surface area contributed by atoms with Crippen molar-refractivity contribution in [1.82, 2.24) is 0 Å². The molecule has 0 aromatic heterocycles. The van der Waals surface area contributed by atoms with Gasteiger partial charge in [-0.1, -0.05) is 121 Å². The topological polar surface area (TPSA) is 9.23 Å². The normalized spacial score (nSPS) is 19.1. The summed E-state index contributed by atoms with van der Waals surface area (Å²) in [5.74, 6) is 0. The molecule has 2 nitrogen and oxygen atoms in total. The van der Waals surface area contributed by atoms with Crippen molar-refractivity contribution in [3.63, 3.8) is 0 Å². The zero-order chi connectivity index (χ0) is 23.8. The first-order chi connectivity index (χ1) is 16.0. The summed E-state index contributed by atoms with van der Waals surface area (Å²) in [6, 6.07) is 9.05. The molecule has 1 aliphatic heterocycles. The fourth-order valence-electron chi connectivity index (χ4n) is 5.57. The molecule has 2 atom stereocenters. The van der Waals surface area contributed by atoms with Crippen LogP contribution in [0.5, 0.6) is 0 Å². The van der Waals surface area contributed by atoms with Crippen molar-refractivity contribution < 1.29 is 8.91 Å². The highest BCUT2D eigenvalue weighted by Crippen LogP contribution is 2.25. The summed E-state index contributed by atoms with van der Waals surface area (Å²) in [4.78, 5) is 0. The van der Waals surface area contributed by atoms with Gasteiger partial charge in [-0.05, 0) is 25.1 Å². The van der Waals surface area contributed by atoms with Crippen LogP contribution in [-0.2, 0) is 17.4 Å². The van der Waals surface area contributed by atoms with Crippen molar-refractivity contribution in [3.05, 3.63) is 35.4 Å². The van der Waals surface area contributed by atoms with Crippen LogP contribution in [0.2, 0.25) is 13.1 Å². The molecular formula is C30H55NOSi+. The van der Waals surface area contributed by atoms with E-state index < -0.39 is 9.04 Å². The minimum absolute atomic E-state index is 0.446. The molecule has 1 heterocycles. The number of benzene rings is 1. The van der Waals surface area contributed by atoms with E-state index >= 15 is 0 Å². The van der Waals surface area contributed by atoms with Gasteiger partial charge >= 0.3 is 0 Å². The van der Waals surface area contributed by atoms with Gasteiger partial charge < -0.3 is 8.91 Å². The lowest BCUT2D eigenvalue weighted by Gasteiger charge is -2.41. The van der Waals surface area contributed by atoms with Crippen LogP contribution in [0.1, 0.15) is 114 Å². The Kier molecular flexibility index (Phi) is 14.6. The lowest BCUT2D eigenvalue weighted by Crippen LogP contribution is -2.52. The van der Waals surface area contributed by atoms with E-state index in [9.17, 15) is 0 Å². The van der Waals surface area contributed by atoms with Gasteiger partial charge in [-0.25, -0.2) is 0 Å². The van der Waals surface area contributed by atoms with Crippen molar-refractivity contribution in [3.8, 4) is 0 Å². The predicted molar refractivity (Wildman–Crippen MR) is 147 cm³/mol. The van der Waals surface area contributed by atoms with Crippen LogP contribution in [0, 0.1) is 0 Å². The fourth-order valence-corrected chi connectivity index (χ4v) is 6.43. The summed E-state index contributed by atoms with van der Waals surface area (Å²) in [6.45, 7) is 10.5. The second kappa shape index (κ2) is 16.9. The number of unbranched alkanes of at least 4 members (excludes halogenated alkanes) is 13. The molecule has 1 aromatic rings. The Morgan fingerprint density at radius 3 is 1.85 bits per heavy atom. The Balaban J connectivity index is 1.55. The van der Waals surface area contributed by atoms with Gasteiger partial charge in [0.15, 0.2) is 0 Å². The zero-order valence-corrected chi connectivity index (χ0v) is 23.7. The first kappa shape index (κ1) is 28.6. The number of nitrogens with zero attached hydrogens (tertiary/aromatic N) is 1. The third-order valence-corrected chi connectivity index (χ3v) is 8.32. The van der Waals surface area contributed by atoms with E-state index in [1.54, 1.807) is 11.1 Å². The average Bonchev–Trinajstić information content (AvgIpc) is 2.78. The molecule has 0 spiro atoms. The van der Waals surface area contributed by atoms with Gasteiger partial charge in [0.05, 0.1) is 19.7 Å². The highest BCUT2D eigenvalue weighted by atomic mass is 28.3. The number of hydrogen-bond donors (Lipinski definition) is 0. The first-order valence-corrected chi connectivity index (χ1v) is 16.8. The monoisotopic (exact) mass is 473 g/mol. The number of quaternary nitrogens is 1. The number of fused-ring (bicyclic) bond motifs is 1. The molecule has 1 aromatic carbocycles. The lowest BCUT2D eigenvalue weighted by atomic mass is 9.97. The molecule has 3 heteroatoms. The molecule has 33 heavy (non-hydrogen) atoms. The fraction of sp³-hybridized carbons (Fsp3) is 0.800. The molecule has 0 bridgehead atoms. The quantitative estimate of drug-likeness (QED) is 0.111. The third-order valence-electron chi connectivity index (χ3n) is 7.52. The summed E-state index contributed by atoms with van der Waals surface area (Å²) < 4.78 is 7.65. The molecule has 2 rings (SSSR count). The summed E-state index contributed by atoms with van der Waals surface area (Å²) >= 11 is 0. The predicted octanol–water partition coefficient (Wildman–Crippen LogP) is 8.70. The number of hydrogen-bond acceptors (Lipinski definition) is 1. The van der Waals surface area contributed by atoms with Crippen LogP contribution in [0.15, 0.2) is 24.3 Å². The molecule has 0 N–H and O–H groups in total. The van der Waals surface area contributed by atoms with Crippen LogP contribution >= 0.6 is 0 Å². The Morgan fingerprint density at radius 1 is 0.788 bits per heavy atom. The molecule has 0 saturated heterocycles. The zero-order valence-electron chi connectivity index (χ0n) is 22.7. The summed E-state index contributed by atoms with van der Waals surface area (Å²) in [7, 11) is 1.81. The third kappa shape index (κ3) is 12.6. The average molecular weight is 474 g/mol. The van der Waals surface area contributed by atoms with Crippen molar-refractivity contribution in [1.29, 1.82) is 0 Å². The maximum absolute atomic E-state index is 6.51. The first-order valence-electron chi connectivity index (χ1n) is 14.4. The van der Waals surface area contributed by atoms with Crippen LogP contribution < -0.4 is 0 Å². The van der Waals surface area contributed by atoms with Gasteiger partial charge in [0.1, 0.15) is 13.1 Å². The molecule has 0 aliphatic carbocycles. The second-order valence-electron chi connectivity index (χ2n) is 11.2. The SMILES string of the molecule is CCCCCCCCCCCCCCCCC(C[N+]1(C)CCc2ccccc2C1)O[Si](C)C. The Bertz CT molecular complexity index is 619. The summed E-state index contributed by atoms with van der Waals surface area (Å²) in [6.07, 6.45) is 22.9. The maximum atomic E-state index is 6.51. The molecule has 0 saturated carbocycles. The highest BCUT2D eigenvalue weighted by molar-refractivity contribution is 6.48. The van der Waals surface area contributed by atoms with Crippen LogP contribution in [0.3, 0.4) is 0 Å². The molecule has 0 amide bonds. The van der Waals surface area contributed by atoms with E-state index in [1.807, 2.05) is 0 Å². The van der Waals surface area contributed by atoms with Crippen molar-refractivity contribution in [2.75, 3.05) is 20.1 Å². The number of rotatable bonds is 19.